The Morgan fingerprint density at radius 2 is 0.956 bits per heavy atom. The van der Waals surface area contributed by atoms with Crippen molar-refractivity contribution in [2.75, 3.05) is 0 Å². The Morgan fingerprint density at radius 1 is 0.378 bits per heavy atom. The molecular weight excluding hydrogens is 550 g/mol. The number of pyridine rings is 4. The standard InChI is InChI=1S/C40H25N5/c1-2-8-26(9-3-1)33-22-20-29-15-16-30-21-23-34(43-38(30)37(29)42-33)28-13-17-31(18-14-28)40-39(44-36-12-6-7-25-45(36)40)35-24-19-27-10-4-5-11-32(27)41-35/h1-25H. The molecule has 0 aliphatic rings. The van der Waals surface area contributed by atoms with Crippen LogP contribution in [0, 0.1) is 0 Å². The number of rotatable bonds is 4. The summed E-state index contributed by atoms with van der Waals surface area (Å²) >= 11 is 0. The number of nitrogens with zero attached hydrogens (tertiary/aromatic N) is 5. The van der Waals surface area contributed by atoms with Crippen LogP contribution in [0.2, 0.25) is 0 Å². The molecular formula is C40H25N5. The summed E-state index contributed by atoms with van der Waals surface area (Å²) in [5.41, 5.74) is 11.4. The van der Waals surface area contributed by atoms with E-state index in [0.29, 0.717) is 0 Å². The second-order valence-electron chi connectivity index (χ2n) is 11.2. The van der Waals surface area contributed by atoms with E-state index < -0.39 is 0 Å². The molecule has 5 aromatic heterocycles. The molecule has 0 N–H and O–H groups in total. The van der Waals surface area contributed by atoms with Gasteiger partial charge < -0.3 is 0 Å². The van der Waals surface area contributed by atoms with Crippen molar-refractivity contribution in [3.8, 4) is 45.2 Å². The van der Waals surface area contributed by atoms with Crippen LogP contribution in [0.3, 0.4) is 0 Å². The van der Waals surface area contributed by atoms with E-state index in [-0.39, 0.29) is 0 Å². The van der Waals surface area contributed by atoms with Crippen LogP contribution in [-0.4, -0.2) is 24.3 Å². The fourth-order valence-electron chi connectivity index (χ4n) is 6.15. The highest BCUT2D eigenvalue weighted by Gasteiger charge is 2.18. The lowest BCUT2D eigenvalue weighted by molar-refractivity contribution is 1.19. The van der Waals surface area contributed by atoms with Gasteiger partial charge in [-0.3, -0.25) is 4.40 Å². The maximum Gasteiger partial charge on any atom is 0.138 e. The van der Waals surface area contributed by atoms with Crippen LogP contribution in [0.4, 0.5) is 0 Å². The molecule has 0 amide bonds. The smallest absolute Gasteiger partial charge is 0.138 e. The SMILES string of the molecule is c1ccc(-c2ccc3ccc4ccc(-c5ccc(-c6c(-c7ccc8ccccc8n7)nc7ccccn67)cc5)nc4c3n2)cc1. The van der Waals surface area contributed by atoms with Crippen molar-refractivity contribution in [3.63, 3.8) is 0 Å². The van der Waals surface area contributed by atoms with E-state index in [1.165, 1.54) is 0 Å². The van der Waals surface area contributed by atoms with Crippen LogP contribution in [0.5, 0.6) is 0 Å². The van der Waals surface area contributed by atoms with Gasteiger partial charge in [0.15, 0.2) is 0 Å². The molecule has 0 atom stereocenters. The molecule has 5 nitrogen and oxygen atoms in total. The third-order valence-electron chi connectivity index (χ3n) is 8.41. The van der Waals surface area contributed by atoms with E-state index in [1.807, 2.05) is 54.6 Å². The summed E-state index contributed by atoms with van der Waals surface area (Å²) in [7, 11) is 0. The highest BCUT2D eigenvalue weighted by atomic mass is 15.0. The molecule has 0 saturated carbocycles. The zero-order valence-corrected chi connectivity index (χ0v) is 24.2. The Bertz CT molecular complexity index is 2530. The Balaban J connectivity index is 1.15. The minimum absolute atomic E-state index is 0.849. The first kappa shape index (κ1) is 25.3. The van der Waals surface area contributed by atoms with Crippen LogP contribution >= 0.6 is 0 Å². The van der Waals surface area contributed by atoms with Crippen molar-refractivity contribution in [2.45, 2.75) is 0 Å². The van der Waals surface area contributed by atoms with E-state index >= 15 is 0 Å². The van der Waals surface area contributed by atoms with Gasteiger partial charge in [-0.1, -0.05) is 109 Å². The van der Waals surface area contributed by atoms with Gasteiger partial charge in [0.1, 0.15) is 11.3 Å². The third-order valence-corrected chi connectivity index (χ3v) is 8.41. The van der Waals surface area contributed by atoms with Crippen molar-refractivity contribution in [3.05, 3.63) is 152 Å². The number of aromatic nitrogens is 5. The molecule has 0 spiro atoms. The quantitative estimate of drug-likeness (QED) is 0.196. The number of hydrogen-bond acceptors (Lipinski definition) is 4. The van der Waals surface area contributed by atoms with Crippen LogP contribution in [0.15, 0.2) is 152 Å². The summed E-state index contributed by atoms with van der Waals surface area (Å²) in [6.45, 7) is 0. The van der Waals surface area contributed by atoms with E-state index in [1.54, 1.807) is 0 Å². The van der Waals surface area contributed by atoms with E-state index in [4.69, 9.17) is 19.9 Å². The largest absolute Gasteiger partial charge is 0.299 e. The summed E-state index contributed by atoms with van der Waals surface area (Å²) in [5, 5.41) is 3.25. The van der Waals surface area contributed by atoms with Crippen molar-refractivity contribution in [2.24, 2.45) is 0 Å². The number of para-hydroxylation sites is 1. The molecule has 0 unspecified atom stereocenters. The maximum absolute atomic E-state index is 5.15. The number of benzene rings is 4. The molecule has 0 radical (unpaired) electrons. The van der Waals surface area contributed by atoms with Gasteiger partial charge in [0.05, 0.1) is 39.3 Å². The first-order valence-corrected chi connectivity index (χ1v) is 15.0. The fourth-order valence-corrected chi connectivity index (χ4v) is 6.15. The lowest BCUT2D eigenvalue weighted by atomic mass is 10.0. The van der Waals surface area contributed by atoms with Gasteiger partial charge in [0.25, 0.3) is 0 Å². The summed E-state index contributed by atoms with van der Waals surface area (Å²) in [5.74, 6) is 0. The lowest BCUT2D eigenvalue weighted by Gasteiger charge is -2.10. The second kappa shape index (κ2) is 10.2. The lowest BCUT2D eigenvalue weighted by Crippen LogP contribution is -1.92. The average Bonchev–Trinajstić information content (AvgIpc) is 3.51. The Kier molecular flexibility index (Phi) is 5.74. The van der Waals surface area contributed by atoms with Crippen LogP contribution in [0.25, 0.3) is 83.5 Å². The molecule has 4 aromatic carbocycles. The molecule has 0 saturated heterocycles. The molecule has 0 fully saturated rings. The molecule has 0 aliphatic heterocycles. The van der Waals surface area contributed by atoms with Crippen molar-refractivity contribution in [1.29, 1.82) is 0 Å². The summed E-state index contributed by atoms with van der Waals surface area (Å²) in [4.78, 5) is 20.2. The van der Waals surface area contributed by atoms with Crippen molar-refractivity contribution >= 4 is 38.4 Å². The minimum atomic E-state index is 0.849. The molecule has 9 rings (SSSR count). The Labute approximate surface area is 259 Å². The van der Waals surface area contributed by atoms with Gasteiger partial charge in [-0.15, -0.1) is 0 Å². The molecule has 45 heavy (non-hydrogen) atoms. The average molecular weight is 576 g/mol. The van der Waals surface area contributed by atoms with Crippen LogP contribution in [-0.2, 0) is 0 Å². The normalized spacial score (nSPS) is 11.6. The highest BCUT2D eigenvalue weighted by Crippen LogP contribution is 2.34. The molecule has 0 bridgehead atoms. The van der Waals surface area contributed by atoms with Crippen LogP contribution < -0.4 is 0 Å². The van der Waals surface area contributed by atoms with Crippen molar-refractivity contribution < 1.29 is 0 Å². The number of hydrogen-bond donors (Lipinski definition) is 0. The Morgan fingerprint density at radius 3 is 1.71 bits per heavy atom. The third kappa shape index (κ3) is 4.33. The summed E-state index contributed by atoms with van der Waals surface area (Å²) in [6.07, 6.45) is 2.06. The monoisotopic (exact) mass is 575 g/mol. The first-order valence-electron chi connectivity index (χ1n) is 15.0. The van der Waals surface area contributed by atoms with Gasteiger partial charge in [-0.2, -0.15) is 0 Å². The maximum atomic E-state index is 5.15. The zero-order valence-electron chi connectivity index (χ0n) is 24.2. The summed E-state index contributed by atoms with van der Waals surface area (Å²) < 4.78 is 2.14. The minimum Gasteiger partial charge on any atom is -0.299 e. The highest BCUT2D eigenvalue weighted by molar-refractivity contribution is 6.04. The van der Waals surface area contributed by atoms with Gasteiger partial charge >= 0.3 is 0 Å². The zero-order chi connectivity index (χ0) is 29.7. The predicted molar refractivity (Wildman–Crippen MR) is 183 cm³/mol. The Hall–Kier alpha value is -6.20. The topological polar surface area (TPSA) is 56.0 Å². The van der Waals surface area contributed by atoms with Gasteiger partial charge in [0.2, 0.25) is 0 Å². The number of imidazole rings is 1. The van der Waals surface area contributed by atoms with E-state index in [9.17, 15) is 0 Å². The predicted octanol–water partition coefficient (Wildman–Crippen LogP) is 9.65. The van der Waals surface area contributed by atoms with Crippen LogP contribution in [0.1, 0.15) is 0 Å². The molecule has 210 valence electrons. The second-order valence-corrected chi connectivity index (χ2v) is 11.2. The van der Waals surface area contributed by atoms with Gasteiger partial charge in [-0.25, -0.2) is 19.9 Å². The van der Waals surface area contributed by atoms with Gasteiger partial charge in [0, 0.05) is 39.0 Å². The molecule has 5 heteroatoms. The number of fused-ring (bicyclic) bond motifs is 5. The van der Waals surface area contributed by atoms with E-state index in [2.05, 4.69) is 102 Å². The van der Waals surface area contributed by atoms with Crippen molar-refractivity contribution in [1.82, 2.24) is 24.3 Å². The molecule has 0 aliphatic carbocycles. The summed E-state index contributed by atoms with van der Waals surface area (Å²) in [6, 6.07) is 49.9. The molecule has 9 aromatic rings. The first-order chi connectivity index (χ1) is 22.3. The van der Waals surface area contributed by atoms with Gasteiger partial charge in [-0.05, 0) is 36.4 Å². The van der Waals surface area contributed by atoms with E-state index in [0.717, 1.165) is 83.5 Å². The fraction of sp³-hybridized carbons (Fsp3) is 0. The molecule has 5 heterocycles.